The highest BCUT2D eigenvalue weighted by molar-refractivity contribution is 7.89. The molecule has 2 saturated heterocycles. The zero-order valence-corrected chi connectivity index (χ0v) is 18.2. The molecule has 3 atom stereocenters. The number of nitrogens with one attached hydrogen (secondary N) is 2. The van der Waals surface area contributed by atoms with Crippen molar-refractivity contribution in [3.8, 4) is 0 Å². The molecule has 0 spiro atoms. The highest BCUT2D eigenvalue weighted by Gasteiger charge is 2.22. The minimum Gasteiger partial charge on any atom is -0.377 e. The second kappa shape index (κ2) is 10.0. The topological polar surface area (TPSA) is 87.7 Å². The zero-order valence-electron chi connectivity index (χ0n) is 17.4. The highest BCUT2D eigenvalue weighted by Crippen LogP contribution is 2.18. The van der Waals surface area contributed by atoms with Gasteiger partial charge in [0.05, 0.1) is 11.0 Å². The van der Waals surface area contributed by atoms with Crippen molar-refractivity contribution in [2.24, 2.45) is 5.92 Å². The van der Waals surface area contributed by atoms with Gasteiger partial charge in [0.1, 0.15) is 0 Å². The average molecular weight is 424 g/mol. The van der Waals surface area contributed by atoms with Crippen LogP contribution in [0.4, 0.5) is 0 Å². The van der Waals surface area contributed by atoms with Gasteiger partial charge in [-0.25, -0.2) is 13.1 Å². The van der Waals surface area contributed by atoms with E-state index in [1.54, 1.807) is 12.1 Å². The maximum Gasteiger partial charge on any atom is 0.251 e. The van der Waals surface area contributed by atoms with Gasteiger partial charge in [0, 0.05) is 37.8 Å². The van der Waals surface area contributed by atoms with Crippen molar-refractivity contribution in [3.63, 3.8) is 0 Å². The first-order valence-corrected chi connectivity index (χ1v) is 12.1. The minimum atomic E-state index is -3.60. The molecule has 2 heterocycles. The lowest BCUT2D eigenvalue weighted by molar-refractivity contribution is 0.0917. The van der Waals surface area contributed by atoms with Crippen molar-refractivity contribution >= 4 is 15.9 Å². The van der Waals surface area contributed by atoms with E-state index in [4.69, 9.17) is 4.74 Å². The summed E-state index contributed by atoms with van der Waals surface area (Å²) in [7, 11) is -3.60. The molecule has 29 heavy (non-hydrogen) atoms. The molecular formula is C21H33N3O4S. The molecule has 2 fully saturated rings. The highest BCUT2D eigenvalue weighted by atomic mass is 32.2. The number of carbonyl (C=O) groups excluding carboxylic acids is 1. The van der Waals surface area contributed by atoms with E-state index in [0.717, 1.165) is 25.9 Å². The van der Waals surface area contributed by atoms with Gasteiger partial charge in [-0.3, -0.25) is 9.69 Å². The van der Waals surface area contributed by atoms with Crippen LogP contribution in [0.1, 0.15) is 49.9 Å². The second-order valence-corrected chi connectivity index (χ2v) is 10.1. The molecule has 0 bridgehead atoms. The molecule has 0 aromatic heterocycles. The largest absolute Gasteiger partial charge is 0.377 e. The first kappa shape index (κ1) is 22.2. The smallest absolute Gasteiger partial charge is 0.251 e. The van der Waals surface area contributed by atoms with E-state index in [1.165, 1.54) is 25.0 Å². The number of hydrogen-bond donors (Lipinski definition) is 2. The van der Waals surface area contributed by atoms with Crippen LogP contribution < -0.4 is 10.0 Å². The third kappa shape index (κ3) is 6.25. The normalized spacial score (nSPS) is 24.3. The van der Waals surface area contributed by atoms with Crippen LogP contribution in [0.3, 0.4) is 0 Å². The lowest BCUT2D eigenvalue weighted by Gasteiger charge is -2.35. The summed E-state index contributed by atoms with van der Waals surface area (Å²) in [6, 6.07) is 6.35. The number of piperidine rings is 1. The summed E-state index contributed by atoms with van der Waals surface area (Å²) < 4.78 is 32.9. The molecule has 1 aromatic rings. The van der Waals surface area contributed by atoms with E-state index in [-0.39, 0.29) is 29.5 Å². The molecule has 8 heteroatoms. The van der Waals surface area contributed by atoms with E-state index in [2.05, 4.69) is 28.8 Å². The fourth-order valence-corrected chi connectivity index (χ4v) is 5.04. The number of carbonyl (C=O) groups is 1. The van der Waals surface area contributed by atoms with Crippen LogP contribution >= 0.6 is 0 Å². The lowest BCUT2D eigenvalue weighted by atomic mass is 9.99. The fourth-order valence-electron chi connectivity index (χ4n) is 3.97. The number of benzene rings is 1. The summed E-state index contributed by atoms with van der Waals surface area (Å²) in [5, 5.41) is 2.97. The second-order valence-electron chi connectivity index (χ2n) is 8.31. The summed E-state index contributed by atoms with van der Waals surface area (Å²) in [5.41, 5.74) is 0.460. The maximum absolute atomic E-state index is 12.4. The number of likely N-dealkylation sites (tertiary alicyclic amines) is 1. The Kier molecular flexibility index (Phi) is 7.67. The van der Waals surface area contributed by atoms with Gasteiger partial charge in [0.15, 0.2) is 0 Å². The van der Waals surface area contributed by atoms with Crippen LogP contribution in [0.15, 0.2) is 29.2 Å². The summed E-state index contributed by atoms with van der Waals surface area (Å²) in [4.78, 5) is 15.0. The van der Waals surface area contributed by atoms with E-state index >= 15 is 0 Å². The van der Waals surface area contributed by atoms with Gasteiger partial charge >= 0.3 is 0 Å². The third-order valence-electron chi connectivity index (χ3n) is 5.82. The molecular weight excluding hydrogens is 390 g/mol. The van der Waals surface area contributed by atoms with E-state index in [0.29, 0.717) is 24.6 Å². The molecule has 2 N–H and O–H groups in total. The molecule has 0 saturated carbocycles. The SMILES string of the molecule is CC1CCCN(C(C)CNC(=O)c2ccc(S(=O)(=O)NCC3CCCO3)cc2)C1. The molecule has 162 valence electrons. The Morgan fingerprint density at radius 3 is 2.66 bits per heavy atom. The predicted molar refractivity (Wildman–Crippen MR) is 112 cm³/mol. The maximum atomic E-state index is 12.4. The fraction of sp³-hybridized carbons (Fsp3) is 0.667. The van der Waals surface area contributed by atoms with Crippen molar-refractivity contribution in [3.05, 3.63) is 29.8 Å². The minimum absolute atomic E-state index is 0.0558. The van der Waals surface area contributed by atoms with Crippen LogP contribution in [-0.4, -0.2) is 64.2 Å². The summed E-state index contributed by atoms with van der Waals surface area (Å²) in [5.74, 6) is 0.517. The monoisotopic (exact) mass is 423 g/mol. The number of hydrogen-bond acceptors (Lipinski definition) is 5. The first-order valence-electron chi connectivity index (χ1n) is 10.6. The van der Waals surface area contributed by atoms with Crippen molar-refractivity contribution in [2.45, 2.75) is 56.6 Å². The van der Waals surface area contributed by atoms with Crippen molar-refractivity contribution in [2.75, 3.05) is 32.8 Å². The van der Waals surface area contributed by atoms with E-state index in [9.17, 15) is 13.2 Å². The zero-order chi connectivity index (χ0) is 20.9. The van der Waals surface area contributed by atoms with Gasteiger partial charge in [0.2, 0.25) is 10.0 Å². The molecule has 3 unspecified atom stereocenters. The Morgan fingerprint density at radius 1 is 1.24 bits per heavy atom. The summed E-state index contributed by atoms with van der Waals surface area (Å²) in [6.07, 6.45) is 4.26. The molecule has 0 aliphatic carbocycles. The predicted octanol–water partition coefficient (Wildman–Crippen LogP) is 1.99. The van der Waals surface area contributed by atoms with E-state index < -0.39 is 10.0 Å². The van der Waals surface area contributed by atoms with Gasteiger partial charge in [-0.1, -0.05) is 6.92 Å². The molecule has 1 amide bonds. The van der Waals surface area contributed by atoms with Crippen LogP contribution in [0.5, 0.6) is 0 Å². The van der Waals surface area contributed by atoms with Crippen LogP contribution in [-0.2, 0) is 14.8 Å². The Balaban J connectivity index is 1.50. The molecule has 2 aliphatic heterocycles. The lowest BCUT2D eigenvalue weighted by Crippen LogP contribution is -2.46. The molecule has 1 aromatic carbocycles. The third-order valence-corrected chi connectivity index (χ3v) is 7.26. The molecule has 3 rings (SSSR count). The van der Waals surface area contributed by atoms with Crippen LogP contribution in [0, 0.1) is 5.92 Å². The number of sulfonamides is 1. The Labute approximate surface area is 174 Å². The van der Waals surface area contributed by atoms with Gasteiger partial charge in [0.25, 0.3) is 5.91 Å². The average Bonchev–Trinajstić information content (AvgIpc) is 3.24. The Hall–Kier alpha value is -1.48. The van der Waals surface area contributed by atoms with E-state index in [1.807, 2.05) is 0 Å². The van der Waals surface area contributed by atoms with Crippen molar-refractivity contribution in [1.82, 2.24) is 14.9 Å². The van der Waals surface area contributed by atoms with Crippen molar-refractivity contribution < 1.29 is 17.9 Å². The molecule has 7 nitrogen and oxygen atoms in total. The first-order chi connectivity index (χ1) is 13.8. The Morgan fingerprint density at radius 2 is 2.00 bits per heavy atom. The van der Waals surface area contributed by atoms with Crippen LogP contribution in [0.25, 0.3) is 0 Å². The van der Waals surface area contributed by atoms with Gasteiger partial charge in [-0.15, -0.1) is 0 Å². The number of amides is 1. The quantitative estimate of drug-likeness (QED) is 0.668. The van der Waals surface area contributed by atoms with Gasteiger partial charge < -0.3 is 10.1 Å². The summed E-state index contributed by atoms with van der Waals surface area (Å²) >= 11 is 0. The van der Waals surface area contributed by atoms with Crippen LogP contribution in [0.2, 0.25) is 0 Å². The van der Waals surface area contributed by atoms with Crippen molar-refractivity contribution in [1.29, 1.82) is 0 Å². The standard InChI is InChI=1S/C21H33N3O4S/c1-16-5-3-11-24(15-16)17(2)13-22-21(25)18-7-9-20(10-8-18)29(26,27)23-14-19-6-4-12-28-19/h7-10,16-17,19,23H,3-6,11-15H2,1-2H3,(H,22,25). The van der Waals surface area contributed by atoms with Gasteiger partial charge in [-0.2, -0.15) is 0 Å². The summed E-state index contributed by atoms with van der Waals surface area (Å²) in [6.45, 7) is 8.09. The molecule has 0 radical (unpaired) electrons. The number of rotatable bonds is 8. The van der Waals surface area contributed by atoms with Gasteiger partial charge in [-0.05, 0) is 69.3 Å². The Bertz CT molecular complexity index is 776. The number of nitrogens with zero attached hydrogens (tertiary/aromatic N) is 1. The molecule has 2 aliphatic rings. The number of ether oxygens (including phenoxy) is 1.